The Morgan fingerprint density at radius 1 is 1.12 bits per heavy atom. The Hall–Kier alpha value is -2.14. The van der Waals surface area contributed by atoms with E-state index in [4.69, 9.17) is 0 Å². The number of carbonyl (C=O) groups excluding carboxylic acids is 2. The number of benzene rings is 1. The maximum atomic E-state index is 12.6. The van der Waals surface area contributed by atoms with Gasteiger partial charge in [0, 0.05) is 10.4 Å². The minimum atomic E-state index is -0.399. The summed E-state index contributed by atoms with van der Waals surface area (Å²) in [5.41, 5.74) is 1.00. The van der Waals surface area contributed by atoms with E-state index in [1.54, 1.807) is 35.6 Å². The second-order valence-electron chi connectivity index (χ2n) is 6.08. The zero-order chi connectivity index (χ0) is 16.9. The van der Waals surface area contributed by atoms with E-state index in [-0.39, 0.29) is 11.9 Å². The summed E-state index contributed by atoms with van der Waals surface area (Å²) >= 11 is 1.69. The number of carbonyl (C=O) groups is 2. The molecule has 1 heterocycles. The van der Waals surface area contributed by atoms with Crippen molar-refractivity contribution >= 4 is 23.2 Å². The standard InChI is InChI=1S/C19H21NO3S/c1-23-19(22)15-10-8-14(9-11-15)18(21)20-17(13-5-2-3-6-13)16-7-4-12-24-16/h4,7-13,17H,2-3,5-6H2,1H3,(H,20,21)/t17-/m0/s1. The molecule has 1 aliphatic carbocycles. The van der Waals surface area contributed by atoms with Gasteiger partial charge in [0.05, 0.1) is 18.7 Å². The summed E-state index contributed by atoms with van der Waals surface area (Å²) in [5.74, 6) is 0.00281. The average molecular weight is 343 g/mol. The predicted octanol–water partition coefficient (Wildman–Crippen LogP) is 4.20. The van der Waals surface area contributed by atoms with E-state index in [0.717, 1.165) is 12.8 Å². The zero-order valence-electron chi connectivity index (χ0n) is 13.7. The third-order valence-corrected chi connectivity index (χ3v) is 5.53. The lowest BCUT2D eigenvalue weighted by molar-refractivity contribution is 0.0600. The lowest BCUT2D eigenvalue weighted by atomic mass is 9.96. The van der Waals surface area contributed by atoms with Gasteiger partial charge < -0.3 is 10.1 Å². The molecule has 1 atom stereocenters. The Bertz CT molecular complexity index is 688. The van der Waals surface area contributed by atoms with Crippen LogP contribution in [0.5, 0.6) is 0 Å². The third-order valence-electron chi connectivity index (χ3n) is 4.58. The molecule has 1 N–H and O–H groups in total. The quantitative estimate of drug-likeness (QED) is 0.828. The first-order valence-electron chi connectivity index (χ1n) is 8.21. The van der Waals surface area contributed by atoms with Crippen LogP contribution in [-0.2, 0) is 4.74 Å². The molecule has 0 unspecified atom stereocenters. The molecule has 1 aliphatic rings. The molecule has 3 rings (SSSR count). The molecule has 0 spiro atoms. The van der Waals surface area contributed by atoms with E-state index in [1.165, 1.54) is 24.8 Å². The molecule has 1 amide bonds. The molecule has 0 radical (unpaired) electrons. The van der Waals surface area contributed by atoms with Crippen LogP contribution >= 0.6 is 11.3 Å². The maximum Gasteiger partial charge on any atom is 0.337 e. The van der Waals surface area contributed by atoms with Crippen molar-refractivity contribution in [1.82, 2.24) is 5.32 Å². The summed E-state index contributed by atoms with van der Waals surface area (Å²) in [6, 6.07) is 10.8. The smallest absolute Gasteiger partial charge is 0.337 e. The van der Waals surface area contributed by atoms with E-state index >= 15 is 0 Å². The number of ether oxygens (including phenoxy) is 1. The molecule has 126 valence electrons. The van der Waals surface area contributed by atoms with Gasteiger partial charge in [-0.3, -0.25) is 4.79 Å². The molecule has 24 heavy (non-hydrogen) atoms. The summed E-state index contributed by atoms with van der Waals surface area (Å²) in [4.78, 5) is 25.3. The number of hydrogen-bond donors (Lipinski definition) is 1. The van der Waals surface area contributed by atoms with Crippen LogP contribution < -0.4 is 5.32 Å². The fraction of sp³-hybridized carbons (Fsp3) is 0.368. The zero-order valence-corrected chi connectivity index (χ0v) is 14.5. The largest absolute Gasteiger partial charge is 0.465 e. The van der Waals surface area contributed by atoms with Crippen LogP contribution in [0.1, 0.15) is 57.3 Å². The lowest BCUT2D eigenvalue weighted by Crippen LogP contribution is -2.32. The highest BCUT2D eigenvalue weighted by atomic mass is 32.1. The highest BCUT2D eigenvalue weighted by molar-refractivity contribution is 7.10. The summed E-state index contributed by atoms with van der Waals surface area (Å²) in [7, 11) is 1.34. The Labute approximate surface area is 145 Å². The highest BCUT2D eigenvalue weighted by Crippen LogP contribution is 2.37. The molecule has 1 saturated carbocycles. The van der Waals surface area contributed by atoms with Crippen molar-refractivity contribution in [1.29, 1.82) is 0 Å². The number of methoxy groups -OCH3 is 1. The Kier molecular flexibility index (Phi) is 5.30. The summed E-state index contributed by atoms with van der Waals surface area (Å²) in [5, 5.41) is 5.25. The van der Waals surface area contributed by atoms with Crippen molar-refractivity contribution in [3.05, 3.63) is 57.8 Å². The van der Waals surface area contributed by atoms with Gasteiger partial charge in [0.25, 0.3) is 5.91 Å². The van der Waals surface area contributed by atoms with Crippen LogP contribution in [0.15, 0.2) is 41.8 Å². The molecule has 0 aliphatic heterocycles. The van der Waals surface area contributed by atoms with Crippen molar-refractivity contribution in [2.75, 3.05) is 7.11 Å². The second-order valence-corrected chi connectivity index (χ2v) is 7.06. The van der Waals surface area contributed by atoms with Crippen molar-refractivity contribution in [2.45, 2.75) is 31.7 Å². The number of esters is 1. The van der Waals surface area contributed by atoms with E-state index in [1.807, 2.05) is 6.07 Å². The highest BCUT2D eigenvalue weighted by Gasteiger charge is 2.28. The van der Waals surface area contributed by atoms with Gasteiger partial charge in [-0.25, -0.2) is 4.79 Å². The maximum absolute atomic E-state index is 12.6. The molecule has 2 aromatic rings. The van der Waals surface area contributed by atoms with Crippen molar-refractivity contribution in [3.63, 3.8) is 0 Å². The first-order chi connectivity index (χ1) is 11.7. The van der Waals surface area contributed by atoms with Crippen molar-refractivity contribution in [2.24, 2.45) is 5.92 Å². The average Bonchev–Trinajstić information content (AvgIpc) is 3.32. The van der Waals surface area contributed by atoms with Crippen LogP contribution in [0.25, 0.3) is 0 Å². The summed E-state index contributed by atoms with van der Waals surface area (Å²) < 4.78 is 4.68. The lowest BCUT2D eigenvalue weighted by Gasteiger charge is -2.24. The molecule has 4 nitrogen and oxygen atoms in total. The molecule has 5 heteroatoms. The van der Waals surface area contributed by atoms with Crippen LogP contribution in [0, 0.1) is 5.92 Å². The molecule has 0 saturated heterocycles. The number of thiophene rings is 1. The topological polar surface area (TPSA) is 55.4 Å². The molecular formula is C19H21NO3S. The summed E-state index contributed by atoms with van der Waals surface area (Å²) in [6.07, 6.45) is 4.78. The van der Waals surface area contributed by atoms with Gasteiger partial charge >= 0.3 is 5.97 Å². The van der Waals surface area contributed by atoms with Gasteiger partial charge in [-0.1, -0.05) is 18.9 Å². The summed E-state index contributed by atoms with van der Waals surface area (Å²) in [6.45, 7) is 0. The Morgan fingerprint density at radius 3 is 2.38 bits per heavy atom. The van der Waals surface area contributed by atoms with Gasteiger partial charge in [-0.2, -0.15) is 0 Å². The Balaban J connectivity index is 1.74. The van der Waals surface area contributed by atoms with E-state index in [2.05, 4.69) is 21.5 Å². The number of rotatable bonds is 5. The SMILES string of the molecule is COC(=O)c1ccc(C(=O)N[C@H](c2cccs2)C2CCCC2)cc1. The van der Waals surface area contributed by atoms with Crippen LogP contribution in [0.2, 0.25) is 0 Å². The third kappa shape index (κ3) is 3.67. The molecule has 1 aromatic heterocycles. The monoisotopic (exact) mass is 343 g/mol. The van der Waals surface area contributed by atoms with Crippen molar-refractivity contribution in [3.8, 4) is 0 Å². The van der Waals surface area contributed by atoms with Gasteiger partial charge in [0.15, 0.2) is 0 Å². The first-order valence-corrected chi connectivity index (χ1v) is 9.09. The molecule has 0 bridgehead atoms. The first kappa shape index (κ1) is 16.7. The molecule has 1 aromatic carbocycles. The van der Waals surface area contributed by atoms with Gasteiger partial charge in [0.2, 0.25) is 0 Å². The molecule has 1 fully saturated rings. The fourth-order valence-corrected chi connectivity index (χ4v) is 4.15. The van der Waals surface area contributed by atoms with E-state index in [0.29, 0.717) is 17.0 Å². The normalized spacial score (nSPS) is 15.9. The van der Waals surface area contributed by atoms with Gasteiger partial charge in [-0.05, 0) is 54.5 Å². The molecular weight excluding hydrogens is 322 g/mol. The van der Waals surface area contributed by atoms with E-state index < -0.39 is 5.97 Å². The van der Waals surface area contributed by atoms with Crippen LogP contribution in [-0.4, -0.2) is 19.0 Å². The van der Waals surface area contributed by atoms with Crippen LogP contribution in [0.4, 0.5) is 0 Å². The predicted molar refractivity (Wildman–Crippen MR) is 94.3 cm³/mol. The van der Waals surface area contributed by atoms with E-state index in [9.17, 15) is 9.59 Å². The number of nitrogens with one attached hydrogen (secondary N) is 1. The minimum Gasteiger partial charge on any atom is -0.465 e. The minimum absolute atomic E-state index is 0.0697. The fourth-order valence-electron chi connectivity index (χ4n) is 3.28. The number of hydrogen-bond acceptors (Lipinski definition) is 4. The number of amides is 1. The Morgan fingerprint density at radius 2 is 1.79 bits per heavy atom. The van der Waals surface area contributed by atoms with Crippen molar-refractivity contribution < 1.29 is 14.3 Å². The van der Waals surface area contributed by atoms with Gasteiger partial charge in [-0.15, -0.1) is 11.3 Å². The second kappa shape index (κ2) is 7.62. The van der Waals surface area contributed by atoms with Gasteiger partial charge in [0.1, 0.15) is 0 Å². The van der Waals surface area contributed by atoms with Crippen LogP contribution in [0.3, 0.4) is 0 Å².